The number of carbonyl (C=O) groups excluding carboxylic acids is 1. The first-order chi connectivity index (χ1) is 10.3. The highest BCUT2D eigenvalue weighted by Crippen LogP contribution is 2.40. The highest BCUT2D eigenvalue weighted by Gasteiger charge is 2.45. The number of hydrogen-bond donors (Lipinski definition) is 0. The molecule has 0 saturated carbocycles. The van der Waals surface area contributed by atoms with E-state index in [1.807, 2.05) is 0 Å². The Hall–Kier alpha value is -2.45. The number of pyridine rings is 1. The number of hydrogen-bond acceptors (Lipinski definition) is 3. The van der Waals surface area contributed by atoms with Crippen molar-refractivity contribution in [1.82, 2.24) is 4.57 Å². The first-order valence-corrected chi connectivity index (χ1v) is 5.97. The van der Waals surface area contributed by atoms with Crippen LogP contribution in [-0.2, 0) is 0 Å². The number of carbonyl (C=O) groups is 1. The number of rotatable bonds is 1. The average molecular weight is 319 g/mol. The van der Waals surface area contributed by atoms with Crippen LogP contribution in [0.5, 0.6) is 5.75 Å². The summed E-state index contributed by atoms with van der Waals surface area (Å²) in [6.07, 6.45) is -4.01. The molecule has 9 heteroatoms. The Bertz CT molecular complexity index is 856. The van der Waals surface area contributed by atoms with Crippen LogP contribution in [0.2, 0.25) is 0 Å². The van der Waals surface area contributed by atoms with Crippen LogP contribution in [0.3, 0.4) is 0 Å². The molecule has 1 aliphatic rings. The lowest BCUT2D eigenvalue weighted by Gasteiger charge is -2.30. The summed E-state index contributed by atoms with van der Waals surface area (Å²) < 4.78 is 71.6. The van der Waals surface area contributed by atoms with Crippen molar-refractivity contribution in [3.05, 3.63) is 39.7 Å². The number of aromatic nitrogens is 1. The van der Waals surface area contributed by atoms with Crippen LogP contribution in [0.15, 0.2) is 17.1 Å². The quantitative estimate of drug-likeness (QED) is 0.600. The molecule has 4 nitrogen and oxygen atoms in total. The number of aldehydes is 1. The van der Waals surface area contributed by atoms with E-state index in [-0.39, 0.29) is 6.29 Å². The van der Waals surface area contributed by atoms with Gasteiger partial charge in [0.1, 0.15) is 6.61 Å². The smallest absolute Gasteiger partial charge is 0.412 e. The molecule has 0 radical (unpaired) electrons. The molecule has 1 aliphatic heterocycles. The third-order valence-corrected chi connectivity index (χ3v) is 3.42. The van der Waals surface area contributed by atoms with Crippen molar-refractivity contribution in [3.63, 3.8) is 0 Å². The molecule has 0 amide bonds. The molecule has 0 aliphatic carbocycles. The largest absolute Gasteiger partial charge is 0.486 e. The minimum absolute atomic E-state index is 0.0646. The topological polar surface area (TPSA) is 48.3 Å². The van der Waals surface area contributed by atoms with Crippen LogP contribution in [0.4, 0.5) is 22.0 Å². The molecule has 0 fully saturated rings. The van der Waals surface area contributed by atoms with Crippen molar-refractivity contribution in [3.8, 4) is 5.75 Å². The summed E-state index contributed by atoms with van der Waals surface area (Å²) in [5, 5.41) is -0.549. The third kappa shape index (κ3) is 1.88. The van der Waals surface area contributed by atoms with Crippen molar-refractivity contribution in [2.24, 2.45) is 0 Å². The standard InChI is InChI=1S/C13H6F5NO3/c14-7-1-6-10-12(9(7)15)22-4-8(13(16,17)18)19(10)2-5(3-20)11(6)21/h1-3,8H,4H2. The van der Waals surface area contributed by atoms with Gasteiger partial charge in [-0.15, -0.1) is 0 Å². The molecule has 2 aromatic rings. The summed E-state index contributed by atoms with van der Waals surface area (Å²) in [7, 11) is 0. The highest BCUT2D eigenvalue weighted by molar-refractivity contribution is 5.90. The molecule has 0 saturated heterocycles. The number of ether oxygens (including phenoxy) is 1. The zero-order chi connectivity index (χ0) is 16.2. The van der Waals surface area contributed by atoms with E-state index in [4.69, 9.17) is 4.74 Å². The van der Waals surface area contributed by atoms with Gasteiger partial charge in [0.2, 0.25) is 5.82 Å². The second kappa shape index (κ2) is 4.52. The van der Waals surface area contributed by atoms with Crippen molar-refractivity contribution < 1.29 is 31.5 Å². The first-order valence-electron chi connectivity index (χ1n) is 5.97. The molecule has 1 aromatic carbocycles. The zero-order valence-electron chi connectivity index (χ0n) is 10.6. The Morgan fingerprint density at radius 3 is 2.59 bits per heavy atom. The number of halogens is 5. The van der Waals surface area contributed by atoms with Crippen LogP contribution in [0.25, 0.3) is 10.9 Å². The Kier molecular flexibility index (Phi) is 2.98. The molecule has 22 heavy (non-hydrogen) atoms. The zero-order valence-corrected chi connectivity index (χ0v) is 10.6. The fourth-order valence-electron chi connectivity index (χ4n) is 2.41. The Morgan fingerprint density at radius 2 is 2.00 bits per heavy atom. The third-order valence-electron chi connectivity index (χ3n) is 3.42. The minimum atomic E-state index is -4.76. The van der Waals surface area contributed by atoms with Gasteiger partial charge in [0.15, 0.2) is 29.3 Å². The van der Waals surface area contributed by atoms with E-state index < -0.39 is 58.1 Å². The fraction of sp³-hybridized carbons (Fsp3) is 0.231. The van der Waals surface area contributed by atoms with Crippen LogP contribution in [0.1, 0.15) is 16.4 Å². The van der Waals surface area contributed by atoms with Gasteiger partial charge in [-0.3, -0.25) is 9.59 Å². The van der Waals surface area contributed by atoms with E-state index >= 15 is 0 Å². The van der Waals surface area contributed by atoms with Crippen molar-refractivity contribution in [2.75, 3.05) is 6.61 Å². The molecular formula is C13H6F5NO3. The molecule has 0 spiro atoms. The second-order valence-corrected chi connectivity index (χ2v) is 4.70. The lowest BCUT2D eigenvalue weighted by atomic mass is 10.1. The summed E-state index contributed by atoms with van der Waals surface area (Å²) in [6, 6.07) is -1.76. The molecule has 0 bridgehead atoms. The van der Waals surface area contributed by atoms with Gasteiger partial charge < -0.3 is 9.30 Å². The molecule has 2 heterocycles. The Morgan fingerprint density at radius 1 is 1.32 bits per heavy atom. The maximum atomic E-state index is 13.7. The molecule has 1 unspecified atom stereocenters. The SMILES string of the molecule is O=Cc1cn2c3c(c(F)c(F)cc3c1=O)OCC2C(F)(F)F. The monoisotopic (exact) mass is 319 g/mol. The summed E-state index contributed by atoms with van der Waals surface area (Å²) in [6.45, 7) is -0.993. The first kappa shape index (κ1) is 14.5. The van der Waals surface area contributed by atoms with E-state index in [0.29, 0.717) is 16.8 Å². The van der Waals surface area contributed by atoms with Gasteiger partial charge in [0.05, 0.1) is 16.5 Å². The van der Waals surface area contributed by atoms with Crippen LogP contribution < -0.4 is 10.2 Å². The minimum Gasteiger partial charge on any atom is -0.486 e. The molecule has 1 atom stereocenters. The molecule has 1 aromatic heterocycles. The molecule has 0 N–H and O–H groups in total. The van der Waals surface area contributed by atoms with Gasteiger partial charge in [-0.25, -0.2) is 4.39 Å². The summed E-state index contributed by atoms with van der Waals surface area (Å²) in [5.41, 5.74) is -2.10. The Balaban J connectivity index is 2.51. The predicted octanol–water partition coefficient (Wildman–Crippen LogP) is 2.59. The van der Waals surface area contributed by atoms with E-state index in [9.17, 15) is 31.5 Å². The van der Waals surface area contributed by atoms with E-state index in [0.717, 1.165) is 0 Å². The van der Waals surface area contributed by atoms with Crippen LogP contribution in [0, 0.1) is 11.6 Å². The number of nitrogens with zero attached hydrogens (tertiary/aromatic N) is 1. The normalized spacial score (nSPS) is 17.4. The van der Waals surface area contributed by atoms with Gasteiger partial charge in [-0.1, -0.05) is 0 Å². The van der Waals surface area contributed by atoms with Crippen LogP contribution in [-0.4, -0.2) is 23.6 Å². The van der Waals surface area contributed by atoms with Crippen molar-refractivity contribution in [2.45, 2.75) is 12.2 Å². The van der Waals surface area contributed by atoms with Crippen molar-refractivity contribution in [1.29, 1.82) is 0 Å². The Labute approximate surface area is 118 Å². The second-order valence-electron chi connectivity index (χ2n) is 4.70. The molecular weight excluding hydrogens is 313 g/mol. The summed E-state index contributed by atoms with van der Waals surface area (Å²) in [5.74, 6) is -3.70. The molecule has 116 valence electrons. The molecule has 3 rings (SSSR count). The fourth-order valence-corrected chi connectivity index (χ4v) is 2.41. The predicted molar refractivity (Wildman–Crippen MR) is 64.1 cm³/mol. The maximum Gasteiger partial charge on any atom is 0.412 e. The summed E-state index contributed by atoms with van der Waals surface area (Å²) in [4.78, 5) is 22.8. The highest BCUT2D eigenvalue weighted by atomic mass is 19.4. The number of alkyl halides is 3. The van der Waals surface area contributed by atoms with E-state index in [1.54, 1.807) is 0 Å². The van der Waals surface area contributed by atoms with Gasteiger partial charge in [-0.2, -0.15) is 17.6 Å². The average Bonchev–Trinajstić information content (AvgIpc) is 2.45. The summed E-state index contributed by atoms with van der Waals surface area (Å²) >= 11 is 0. The van der Waals surface area contributed by atoms with Gasteiger partial charge in [0, 0.05) is 6.20 Å². The van der Waals surface area contributed by atoms with Crippen LogP contribution >= 0.6 is 0 Å². The lowest BCUT2D eigenvalue weighted by Crippen LogP contribution is -2.36. The van der Waals surface area contributed by atoms with E-state index in [2.05, 4.69) is 0 Å². The lowest BCUT2D eigenvalue weighted by molar-refractivity contribution is -0.175. The van der Waals surface area contributed by atoms with Crippen molar-refractivity contribution >= 4 is 17.2 Å². The van der Waals surface area contributed by atoms with E-state index in [1.165, 1.54) is 0 Å². The number of benzene rings is 1. The maximum absolute atomic E-state index is 13.7. The van der Waals surface area contributed by atoms with Gasteiger partial charge in [-0.05, 0) is 6.07 Å². The van der Waals surface area contributed by atoms with Gasteiger partial charge in [0.25, 0.3) is 0 Å². The van der Waals surface area contributed by atoms with Gasteiger partial charge >= 0.3 is 6.18 Å².